The average molecular weight is 264 g/mol. The molecule has 0 atom stereocenters. The summed E-state index contributed by atoms with van der Waals surface area (Å²) in [6.07, 6.45) is 1.16. The van der Waals surface area contributed by atoms with Crippen molar-refractivity contribution in [2.45, 2.75) is 33.7 Å². The topological polar surface area (TPSA) is 24.5 Å². The van der Waals surface area contributed by atoms with Crippen LogP contribution in [0.15, 0.2) is 24.3 Å². The fourth-order valence-corrected chi connectivity index (χ4v) is 2.02. The van der Waals surface area contributed by atoms with E-state index in [-0.39, 0.29) is 0 Å². The lowest BCUT2D eigenvalue weighted by Crippen LogP contribution is -2.28. The van der Waals surface area contributed by atoms with Gasteiger partial charge in [0, 0.05) is 18.7 Å². The zero-order valence-corrected chi connectivity index (χ0v) is 12.6. The number of hydrogen-bond donors (Lipinski definition) is 1. The first-order valence-corrected chi connectivity index (χ1v) is 7.45. The van der Waals surface area contributed by atoms with Gasteiger partial charge in [0.1, 0.15) is 12.4 Å². The van der Waals surface area contributed by atoms with Crippen LogP contribution < -0.4 is 10.1 Å². The molecule has 0 bridgehead atoms. The van der Waals surface area contributed by atoms with Gasteiger partial charge in [-0.05, 0) is 32.1 Å². The molecule has 0 saturated carbocycles. The minimum absolute atomic E-state index is 0.756. The highest BCUT2D eigenvalue weighted by Gasteiger charge is 2.04. The van der Waals surface area contributed by atoms with Crippen molar-refractivity contribution in [1.82, 2.24) is 10.2 Å². The van der Waals surface area contributed by atoms with Gasteiger partial charge in [0.2, 0.25) is 0 Å². The number of nitrogens with zero attached hydrogens (tertiary/aromatic N) is 1. The number of likely N-dealkylation sites (N-methyl/N-ethyl adjacent to an activating group) is 1. The van der Waals surface area contributed by atoms with E-state index in [0.717, 1.165) is 51.5 Å². The maximum atomic E-state index is 5.92. The number of benzene rings is 1. The number of hydrogen-bond acceptors (Lipinski definition) is 3. The lowest BCUT2D eigenvalue weighted by molar-refractivity contribution is 0.221. The molecule has 0 saturated heterocycles. The van der Waals surface area contributed by atoms with Gasteiger partial charge in [0.15, 0.2) is 0 Å². The first-order chi connectivity index (χ1) is 9.31. The Hall–Kier alpha value is -1.06. The molecular weight excluding hydrogens is 236 g/mol. The maximum Gasteiger partial charge on any atom is 0.123 e. The van der Waals surface area contributed by atoms with Crippen molar-refractivity contribution in [2.75, 3.05) is 32.8 Å². The van der Waals surface area contributed by atoms with Crippen LogP contribution in [0.1, 0.15) is 32.8 Å². The van der Waals surface area contributed by atoms with Crippen LogP contribution in [0.2, 0.25) is 0 Å². The quantitative estimate of drug-likeness (QED) is 0.658. The smallest absolute Gasteiger partial charge is 0.123 e. The third-order valence-electron chi connectivity index (χ3n) is 3.27. The molecule has 1 rings (SSSR count). The average Bonchev–Trinajstić information content (AvgIpc) is 2.45. The van der Waals surface area contributed by atoms with Crippen molar-refractivity contribution in [3.63, 3.8) is 0 Å². The molecule has 1 aromatic carbocycles. The zero-order chi connectivity index (χ0) is 13.9. The second-order valence-corrected chi connectivity index (χ2v) is 4.66. The summed E-state index contributed by atoms with van der Waals surface area (Å²) in [5.74, 6) is 1.01. The van der Waals surface area contributed by atoms with Gasteiger partial charge >= 0.3 is 0 Å². The minimum atomic E-state index is 0.756. The van der Waals surface area contributed by atoms with E-state index < -0.39 is 0 Å². The Morgan fingerprint density at radius 2 is 1.84 bits per heavy atom. The van der Waals surface area contributed by atoms with Crippen molar-refractivity contribution < 1.29 is 4.74 Å². The fraction of sp³-hybridized carbons (Fsp3) is 0.625. The molecule has 1 N–H and O–H groups in total. The van der Waals surface area contributed by atoms with E-state index in [9.17, 15) is 0 Å². The fourth-order valence-electron chi connectivity index (χ4n) is 2.02. The monoisotopic (exact) mass is 264 g/mol. The van der Waals surface area contributed by atoms with Crippen LogP contribution in [0.4, 0.5) is 0 Å². The van der Waals surface area contributed by atoms with Crippen LogP contribution in [-0.4, -0.2) is 37.7 Å². The molecule has 19 heavy (non-hydrogen) atoms. The Morgan fingerprint density at radius 3 is 2.53 bits per heavy atom. The van der Waals surface area contributed by atoms with Gasteiger partial charge in [-0.2, -0.15) is 0 Å². The Bertz CT molecular complexity index is 337. The molecule has 0 amide bonds. The lowest BCUT2D eigenvalue weighted by Gasteiger charge is -2.19. The highest BCUT2D eigenvalue weighted by Crippen LogP contribution is 2.17. The summed E-state index contributed by atoms with van der Waals surface area (Å²) in [7, 11) is 0. The summed E-state index contributed by atoms with van der Waals surface area (Å²) < 4.78 is 5.92. The van der Waals surface area contributed by atoms with E-state index in [1.165, 1.54) is 5.56 Å². The summed E-state index contributed by atoms with van der Waals surface area (Å²) in [5.41, 5.74) is 1.25. The van der Waals surface area contributed by atoms with Crippen LogP contribution in [0.25, 0.3) is 0 Å². The van der Waals surface area contributed by atoms with Crippen LogP contribution in [0.5, 0.6) is 5.75 Å². The number of ether oxygens (including phenoxy) is 1. The van der Waals surface area contributed by atoms with E-state index in [4.69, 9.17) is 4.74 Å². The van der Waals surface area contributed by atoms with Gasteiger partial charge in [-0.1, -0.05) is 39.0 Å². The predicted octanol–water partition coefficient (Wildman–Crippen LogP) is 2.91. The van der Waals surface area contributed by atoms with Crippen molar-refractivity contribution in [2.24, 2.45) is 0 Å². The molecule has 0 aliphatic heterocycles. The third-order valence-corrected chi connectivity index (χ3v) is 3.27. The van der Waals surface area contributed by atoms with Gasteiger partial charge in [-0.25, -0.2) is 0 Å². The van der Waals surface area contributed by atoms with Crippen molar-refractivity contribution in [1.29, 1.82) is 0 Å². The maximum absolute atomic E-state index is 5.92. The molecule has 108 valence electrons. The number of nitrogens with one attached hydrogen (secondary N) is 1. The van der Waals surface area contributed by atoms with Crippen LogP contribution >= 0.6 is 0 Å². The minimum Gasteiger partial charge on any atom is -0.492 e. The first kappa shape index (κ1) is 16.0. The largest absolute Gasteiger partial charge is 0.492 e. The molecule has 0 radical (unpaired) electrons. The van der Waals surface area contributed by atoms with Crippen LogP contribution in [-0.2, 0) is 6.54 Å². The normalized spacial score (nSPS) is 10.9. The molecule has 3 nitrogen and oxygen atoms in total. The highest BCUT2D eigenvalue weighted by molar-refractivity contribution is 5.33. The molecule has 0 unspecified atom stereocenters. The molecule has 0 aromatic heterocycles. The van der Waals surface area contributed by atoms with Gasteiger partial charge < -0.3 is 15.0 Å². The molecular formula is C16H28N2O. The van der Waals surface area contributed by atoms with E-state index >= 15 is 0 Å². The number of para-hydroxylation sites is 1. The number of rotatable bonds is 10. The molecule has 1 aromatic rings. The molecule has 0 fully saturated rings. The molecule has 0 heterocycles. The summed E-state index contributed by atoms with van der Waals surface area (Å²) in [4.78, 5) is 2.37. The van der Waals surface area contributed by atoms with Crippen LogP contribution in [0, 0.1) is 0 Å². The van der Waals surface area contributed by atoms with Gasteiger partial charge in [0.25, 0.3) is 0 Å². The third kappa shape index (κ3) is 6.08. The van der Waals surface area contributed by atoms with Crippen molar-refractivity contribution >= 4 is 0 Å². The molecule has 0 aliphatic rings. The second-order valence-electron chi connectivity index (χ2n) is 4.66. The summed E-state index contributed by atoms with van der Waals surface area (Å²) in [5, 5.41) is 3.42. The van der Waals surface area contributed by atoms with E-state index in [1.54, 1.807) is 0 Å². The molecule has 3 heteroatoms. The lowest BCUT2D eigenvalue weighted by atomic mass is 10.2. The highest BCUT2D eigenvalue weighted by atomic mass is 16.5. The van der Waals surface area contributed by atoms with E-state index in [1.807, 2.05) is 6.07 Å². The van der Waals surface area contributed by atoms with Crippen molar-refractivity contribution in [3.05, 3.63) is 29.8 Å². The molecule has 0 aliphatic carbocycles. The first-order valence-electron chi connectivity index (χ1n) is 7.45. The SMILES string of the molecule is CCCNCc1ccccc1OCCN(CC)CC. The Morgan fingerprint density at radius 1 is 1.11 bits per heavy atom. The van der Waals surface area contributed by atoms with Gasteiger partial charge in [-0.3, -0.25) is 0 Å². The van der Waals surface area contributed by atoms with E-state index in [0.29, 0.717) is 0 Å². The van der Waals surface area contributed by atoms with Gasteiger partial charge in [0.05, 0.1) is 0 Å². The van der Waals surface area contributed by atoms with Crippen LogP contribution in [0.3, 0.4) is 0 Å². The Kier molecular flexibility index (Phi) is 8.26. The van der Waals surface area contributed by atoms with E-state index in [2.05, 4.69) is 49.2 Å². The van der Waals surface area contributed by atoms with Gasteiger partial charge in [-0.15, -0.1) is 0 Å². The Labute approximate surface area is 118 Å². The zero-order valence-electron chi connectivity index (χ0n) is 12.6. The standard InChI is InChI=1S/C16H28N2O/c1-4-11-17-14-15-9-7-8-10-16(15)19-13-12-18(5-2)6-3/h7-10,17H,4-6,11-14H2,1-3H3. The van der Waals surface area contributed by atoms with Crippen molar-refractivity contribution in [3.8, 4) is 5.75 Å². The Balaban J connectivity index is 2.43. The summed E-state index contributed by atoms with van der Waals surface area (Å²) >= 11 is 0. The second kappa shape index (κ2) is 9.82. The summed E-state index contributed by atoms with van der Waals surface area (Å²) in [6.45, 7) is 12.4. The summed E-state index contributed by atoms with van der Waals surface area (Å²) in [6, 6.07) is 8.30. The molecule has 0 spiro atoms. The predicted molar refractivity (Wildman–Crippen MR) is 81.7 cm³/mol.